The molecule has 4 heteroatoms. The zero-order chi connectivity index (χ0) is 11.1. The van der Waals surface area contributed by atoms with Crippen LogP contribution in [0.1, 0.15) is 30.4 Å². The van der Waals surface area contributed by atoms with E-state index in [-0.39, 0.29) is 6.61 Å². The number of hydrogen-bond acceptors (Lipinski definition) is 2. The molecular formula is C11H13F2NO. The van der Waals surface area contributed by atoms with Gasteiger partial charge in [-0.15, -0.1) is 0 Å². The lowest BCUT2D eigenvalue weighted by atomic mass is 9.71. The van der Waals surface area contributed by atoms with Crippen molar-refractivity contribution in [2.45, 2.75) is 31.4 Å². The molecule has 1 saturated carbocycles. The summed E-state index contributed by atoms with van der Waals surface area (Å²) >= 11 is 0. The van der Waals surface area contributed by atoms with Crippen LogP contribution >= 0.6 is 0 Å². The first-order valence-electron chi connectivity index (χ1n) is 4.95. The molecule has 0 heterocycles. The van der Waals surface area contributed by atoms with Crippen molar-refractivity contribution in [3.63, 3.8) is 0 Å². The highest BCUT2D eigenvalue weighted by molar-refractivity contribution is 5.36. The molecule has 1 aromatic rings. The van der Waals surface area contributed by atoms with Gasteiger partial charge in [-0.25, -0.2) is 8.78 Å². The number of nitrogens with two attached hydrogens (primary N) is 1. The summed E-state index contributed by atoms with van der Waals surface area (Å²) in [6.07, 6.45) is 2.50. The van der Waals surface area contributed by atoms with Crippen molar-refractivity contribution in [1.82, 2.24) is 0 Å². The molecule has 82 valence electrons. The lowest BCUT2D eigenvalue weighted by Crippen LogP contribution is -2.44. The molecule has 15 heavy (non-hydrogen) atoms. The van der Waals surface area contributed by atoms with Gasteiger partial charge in [0.05, 0.1) is 6.61 Å². The fourth-order valence-corrected chi connectivity index (χ4v) is 2.01. The van der Waals surface area contributed by atoms with Crippen LogP contribution in [0.4, 0.5) is 8.78 Å². The van der Waals surface area contributed by atoms with Gasteiger partial charge in [0.15, 0.2) is 11.6 Å². The molecule has 0 unspecified atom stereocenters. The van der Waals surface area contributed by atoms with E-state index in [0.717, 1.165) is 31.4 Å². The quantitative estimate of drug-likeness (QED) is 0.786. The molecule has 1 aliphatic carbocycles. The third-order valence-electron chi connectivity index (χ3n) is 3.10. The fraction of sp³-hybridized carbons (Fsp3) is 0.455. The Morgan fingerprint density at radius 1 is 1.27 bits per heavy atom. The molecule has 0 aromatic heterocycles. The standard InChI is InChI=1S/C11H13F2NO/c12-9-4-7(6-15)8(5-10(9)13)11(14)2-1-3-11/h4-5,15H,1-3,6,14H2. The van der Waals surface area contributed by atoms with Crippen molar-refractivity contribution >= 4 is 0 Å². The molecular weight excluding hydrogens is 200 g/mol. The van der Waals surface area contributed by atoms with Crippen LogP contribution in [0, 0.1) is 11.6 Å². The first-order valence-corrected chi connectivity index (χ1v) is 4.95. The first kappa shape index (κ1) is 10.5. The van der Waals surface area contributed by atoms with Gasteiger partial charge in [0, 0.05) is 5.54 Å². The fourth-order valence-electron chi connectivity index (χ4n) is 2.01. The Kier molecular flexibility index (Phi) is 2.48. The smallest absolute Gasteiger partial charge is 0.159 e. The molecule has 0 bridgehead atoms. The van der Waals surface area contributed by atoms with E-state index in [2.05, 4.69) is 0 Å². The third-order valence-corrected chi connectivity index (χ3v) is 3.10. The van der Waals surface area contributed by atoms with Crippen LogP contribution in [0.25, 0.3) is 0 Å². The Morgan fingerprint density at radius 2 is 1.87 bits per heavy atom. The Bertz CT molecular complexity index is 388. The molecule has 0 amide bonds. The second-order valence-electron chi connectivity index (χ2n) is 4.09. The van der Waals surface area contributed by atoms with Gasteiger partial charge < -0.3 is 10.8 Å². The van der Waals surface area contributed by atoms with Crippen LogP contribution in [0.2, 0.25) is 0 Å². The molecule has 1 aromatic carbocycles. The topological polar surface area (TPSA) is 46.2 Å². The average Bonchev–Trinajstić information content (AvgIpc) is 2.18. The van der Waals surface area contributed by atoms with E-state index in [9.17, 15) is 8.78 Å². The van der Waals surface area contributed by atoms with E-state index < -0.39 is 17.2 Å². The number of hydrogen-bond donors (Lipinski definition) is 2. The number of aliphatic hydroxyl groups is 1. The lowest BCUT2D eigenvalue weighted by Gasteiger charge is -2.39. The number of aliphatic hydroxyl groups excluding tert-OH is 1. The van der Waals surface area contributed by atoms with E-state index in [0.29, 0.717) is 11.1 Å². The van der Waals surface area contributed by atoms with Gasteiger partial charge in [0.1, 0.15) is 0 Å². The molecule has 0 spiro atoms. The van der Waals surface area contributed by atoms with E-state index in [1.54, 1.807) is 0 Å². The molecule has 1 fully saturated rings. The molecule has 0 aliphatic heterocycles. The van der Waals surface area contributed by atoms with Gasteiger partial charge in [-0.2, -0.15) is 0 Å². The van der Waals surface area contributed by atoms with Crippen LogP contribution in [0.15, 0.2) is 12.1 Å². The Morgan fingerprint density at radius 3 is 2.33 bits per heavy atom. The summed E-state index contributed by atoms with van der Waals surface area (Å²) in [4.78, 5) is 0. The van der Waals surface area contributed by atoms with Crippen molar-refractivity contribution in [3.8, 4) is 0 Å². The Labute approximate surface area is 86.7 Å². The predicted octanol–water partition coefficient (Wildman–Crippen LogP) is 1.80. The highest BCUT2D eigenvalue weighted by atomic mass is 19.2. The minimum Gasteiger partial charge on any atom is -0.392 e. The summed E-state index contributed by atoms with van der Waals surface area (Å²) in [6, 6.07) is 2.14. The van der Waals surface area contributed by atoms with E-state index in [1.807, 2.05) is 0 Å². The summed E-state index contributed by atoms with van der Waals surface area (Å²) in [6.45, 7) is -0.314. The average molecular weight is 213 g/mol. The lowest BCUT2D eigenvalue weighted by molar-refractivity contribution is 0.235. The van der Waals surface area contributed by atoms with Crippen LogP contribution < -0.4 is 5.73 Å². The highest BCUT2D eigenvalue weighted by Gasteiger charge is 2.36. The maximum absolute atomic E-state index is 13.1. The van der Waals surface area contributed by atoms with Gasteiger partial charge in [-0.05, 0) is 42.5 Å². The maximum Gasteiger partial charge on any atom is 0.159 e. The van der Waals surface area contributed by atoms with Crippen molar-refractivity contribution in [2.75, 3.05) is 0 Å². The molecule has 1 aliphatic rings. The summed E-state index contributed by atoms with van der Waals surface area (Å²) in [5.41, 5.74) is 6.36. The van der Waals surface area contributed by atoms with Gasteiger partial charge in [0.25, 0.3) is 0 Å². The normalized spacial score (nSPS) is 18.7. The Hall–Kier alpha value is -1.00. The summed E-state index contributed by atoms with van der Waals surface area (Å²) in [5, 5.41) is 9.07. The summed E-state index contributed by atoms with van der Waals surface area (Å²) < 4.78 is 26.0. The van der Waals surface area contributed by atoms with Gasteiger partial charge >= 0.3 is 0 Å². The van der Waals surface area contributed by atoms with Crippen LogP contribution in [-0.4, -0.2) is 5.11 Å². The monoisotopic (exact) mass is 213 g/mol. The summed E-state index contributed by atoms with van der Waals surface area (Å²) in [5.74, 6) is -1.84. The molecule has 0 atom stereocenters. The van der Waals surface area contributed by atoms with E-state index in [4.69, 9.17) is 10.8 Å². The minimum atomic E-state index is -0.939. The van der Waals surface area contributed by atoms with Gasteiger partial charge in [0.2, 0.25) is 0 Å². The predicted molar refractivity (Wildman–Crippen MR) is 52.0 cm³/mol. The zero-order valence-electron chi connectivity index (χ0n) is 8.26. The van der Waals surface area contributed by atoms with Crippen molar-refractivity contribution in [2.24, 2.45) is 5.73 Å². The van der Waals surface area contributed by atoms with E-state index >= 15 is 0 Å². The maximum atomic E-state index is 13.1. The summed E-state index contributed by atoms with van der Waals surface area (Å²) in [7, 11) is 0. The van der Waals surface area contributed by atoms with Gasteiger partial charge in [-0.3, -0.25) is 0 Å². The second-order valence-corrected chi connectivity index (χ2v) is 4.09. The van der Waals surface area contributed by atoms with Crippen molar-refractivity contribution < 1.29 is 13.9 Å². The number of rotatable bonds is 2. The third kappa shape index (κ3) is 1.64. The van der Waals surface area contributed by atoms with Crippen LogP contribution in [0.5, 0.6) is 0 Å². The number of halogens is 2. The largest absolute Gasteiger partial charge is 0.392 e. The SMILES string of the molecule is NC1(c2cc(F)c(F)cc2CO)CCC1. The molecule has 0 saturated heterocycles. The van der Waals surface area contributed by atoms with Gasteiger partial charge in [-0.1, -0.05) is 0 Å². The van der Waals surface area contributed by atoms with Crippen LogP contribution in [0.3, 0.4) is 0 Å². The molecule has 3 N–H and O–H groups in total. The number of benzene rings is 1. The molecule has 2 nitrogen and oxygen atoms in total. The minimum absolute atomic E-state index is 0.314. The zero-order valence-corrected chi connectivity index (χ0v) is 8.26. The first-order chi connectivity index (χ1) is 7.07. The molecule has 0 radical (unpaired) electrons. The molecule has 2 rings (SSSR count). The van der Waals surface area contributed by atoms with Crippen molar-refractivity contribution in [3.05, 3.63) is 34.9 Å². The van der Waals surface area contributed by atoms with Crippen molar-refractivity contribution in [1.29, 1.82) is 0 Å². The second kappa shape index (κ2) is 3.54. The highest BCUT2D eigenvalue weighted by Crippen LogP contribution is 2.40. The van der Waals surface area contributed by atoms with E-state index in [1.165, 1.54) is 0 Å². The van der Waals surface area contributed by atoms with Crippen LogP contribution in [-0.2, 0) is 12.1 Å². The Balaban J connectivity index is 2.49.